The zero-order chi connectivity index (χ0) is 13.4. The molecule has 0 aromatic heterocycles. The van der Waals surface area contributed by atoms with Gasteiger partial charge in [-0.15, -0.1) is 0 Å². The van der Waals surface area contributed by atoms with Gasteiger partial charge in [0.25, 0.3) is 0 Å². The molecule has 18 heavy (non-hydrogen) atoms. The van der Waals surface area contributed by atoms with Crippen molar-refractivity contribution in [3.8, 4) is 0 Å². The Morgan fingerprint density at radius 3 is 2.22 bits per heavy atom. The van der Waals surface area contributed by atoms with Gasteiger partial charge < -0.3 is 14.2 Å². The summed E-state index contributed by atoms with van der Waals surface area (Å²) in [7, 11) is 4.65. The fourth-order valence-electron chi connectivity index (χ4n) is 2.80. The van der Waals surface area contributed by atoms with Gasteiger partial charge in [0.1, 0.15) is 0 Å². The topological polar surface area (TPSA) is 44.8 Å². The van der Waals surface area contributed by atoms with Crippen LogP contribution in [0.4, 0.5) is 0 Å². The maximum Gasteiger partial charge on any atom is 0.308 e. The lowest BCUT2D eigenvalue weighted by atomic mass is 9.82. The molecular weight excluding hydrogens is 232 g/mol. The van der Waals surface area contributed by atoms with Gasteiger partial charge in [-0.2, -0.15) is 0 Å². The predicted octanol–water partition coefficient (Wildman–Crippen LogP) is 2.76. The summed E-state index contributed by atoms with van der Waals surface area (Å²) in [6, 6.07) is 0. The van der Waals surface area contributed by atoms with Crippen LogP contribution in [0.25, 0.3) is 0 Å². The van der Waals surface area contributed by atoms with Crippen LogP contribution in [-0.4, -0.2) is 33.6 Å². The highest BCUT2D eigenvalue weighted by Gasteiger charge is 2.27. The zero-order valence-electron chi connectivity index (χ0n) is 11.8. The molecule has 0 radical (unpaired) electrons. The third-order valence-corrected chi connectivity index (χ3v) is 3.88. The minimum Gasteiger partial charge on any atom is -0.469 e. The molecule has 1 rings (SSSR count). The van der Waals surface area contributed by atoms with Crippen LogP contribution in [-0.2, 0) is 19.0 Å². The summed E-state index contributed by atoms with van der Waals surface area (Å²) in [6.45, 7) is 0. The normalized spacial score (nSPS) is 18.9. The Labute approximate surface area is 110 Å². The maximum absolute atomic E-state index is 11.8. The number of carbonyl (C=O) groups excluding carboxylic acids is 1. The summed E-state index contributed by atoms with van der Waals surface area (Å²) in [6.07, 6.45) is 7.53. The van der Waals surface area contributed by atoms with Crippen molar-refractivity contribution in [2.24, 2.45) is 11.8 Å². The summed E-state index contributed by atoms with van der Waals surface area (Å²) in [4.78, 5) is 11.8. The molecule has 1 aliphatic carbocycles. The molecule has 1 atom stereocenters. The van der Waals surface area contributed by atoms with Gasteiger partial charge in [0.15, 0.2) is 6.29 Å². The molecule has 0 heterocycles. The van der Waals surface area contributed by atoms with E-state index in [1.54, 1.807) is 14.2 Å². The van der Waals surface area contributed by atoms with Gasteiger partial charge in [-0.3, -0.25) is 4.79 Å². The fraction of sp³-hybridized carbons (Fsp3) is 0.929. The lowest BCUT2D eigenvalue weighted by Crippen LogP contribution is -2.27. The van der Waals surface area contributed by atoms with Crippen LogP contribution in [0.2, 0.25) is 0 Å². The lowest BCUT2D eigenvalue weighted by molar-refractivity contribution is -0.155. The molecule has 1 saturated carbocycles. The number of carbonyl (C=O) groups is 1. The number of ether oxygens (including phenoxy) is 3. The smallest absolute Gasteiger partial charge is 0.308 e. The van der Waals surface area contributed by atoms with Crippen molar-refractivity contribution in [3.05, 3.63) is 0 Å². The van der Waals surface area contributed by atoms with Crippen LogP contribution in [0.15, 0.2) is 0 Å². The summed E-state index contributed by atoms with van der Waals surface area (Å²) in [5.74, 6) is 0.403. The maximum atomic E-state index is 11.8. The minimum absolute atomic E-state index is 0.108. The van der Waals surface area contributed by atoms with Crippen molar-refractivity contribution < 1.29 is 19.0 Å². The summed E-state index contributed by atoms with van der Waals surface area (Å²) in [5.41, 5.74) is 0. The van der Waals surface area contributed by atoms with Crippen molar-refractivity contribution in [2.45, 2.75) is 51.2 Å². The molecule has 0 aliphatic heterocycles. The minimum atomic E-state index is -0.322. The average molecular weight is 258 g/mol. The van der Waals surface area contributed by atoms with E-state index < -0.39 is 0 Å². The van der Waals surface area contributed by atoms with Crippen LogP contribution in [0, 0.1) is 11.8 Å². The van der Waals surface area contributed by atoms with Gasteiger partial charge in [-0.1, -0.05) is 32.1 Å². The highest BCUT2D eigenvalue weighted by atomic mass is 16.7. The first kappa shape index (κ1) is 15.4. The van der Waals surface area contributed by atoms with Crippen LogP contribution >= 0.6 is 0 Å². The third kappa shape index (κ3) is 4.94. The fourth-order valence-corrected chi connectivity index (χ4v) is 2.80. The molecule has 0 amide bonds. The number of hydrogen-bond acceptors (Lipinski definition) is 4. The number of esters is 1. The van der Waals surface area contributed by atoms with Crippen molar-refractivity contribution >= 4 is 5.97 Å². The first-order valence-corrected chi connectivity index (χ1v) is 6.84. The highest BCUT2D eigenvalue weighted by Crippen LogP contribution is 2.31. The van der Waals surface area contributed by atoms with Crippen LogP contribution in [0.1, 0.15) is 44.9 Å². The van der Waals surface area contributed by atoms with E-state index in [1.807, 2.05) is 0 Å². The van der Waals surface area contributed by atoms with E-state index in [4.69, 9.17) is 14.2 Å². The molecule has 1 aliphatic rings. The van der Waals surface area contributed by atoms with Gasteiger partial charge in [0, 0.05) is 20.6 Å². The van der Waals surface area contributed by atoms with Gasteiger partial charge in [0.2, 0.25) is 0 Å². The van der Waals surface area contributed by atoms with Crippen molar-refractivity contribution in [2.75, 3.05) is 21.3 Å². The zero-order valence-corrected chi connectivity index (χ0v) is 11.8. The third-order valence-electron chi connectivity index (χ3n) is 3.88. The molecular formula is C14H26O4. The Balaban J connectivity index is 2.51. The molecule has 0 aromatic rings. The molecule has 0 bridgehead atoms. The standard InChI is InChI=1S/C14H26O4/c1-16-13(17-2)10-12(14(15)18-3)9-11-7-5-4-6-8-11/h11-13H,4-10H2,1-3H3. The number of methoxy groups -OCH3 is 3. The molecule has 1 fully saturated rings. The monoisotopic (exact) mass is 258 g/mol. The van der Waals surface area contributed by atoms with Crippen molar-refractivity contribution in [1.82, 2.24) is 0 Å². The van der Waals surface area contributed by atoms with Crippen LogP contribution < -0.4 is 0 Å². The quantitative estimate of drug-likeness (QED) is 0.520. The van der Waals surface area contributed by atoms with Crippen LogP contribution in [0.5, 0.6) is 0 Å². The van der Waals surface area contributed by atoms with Gasteiger partial charge in [-0.05, 0) is 12.3 Å². The summed E-state index contributed by atoms with van der Waals surface area (Å²) >= 11 is 0. The molecule has 4 heteroatoms. The second-order valence-corrected chi connectivity index (χ2v) is 5.10. The molecule has 1 unspecified atom stereocenters. The summed E-state index contributed by atoms with van der Waals surface area (Å²) in [5, 5.41) is 0. The Bertz CT molecular complexity index is 232. The van der Waals surface area contributed by atoms with E-state index in [0.29, 0.717) is 12.3 Å². The second kappa shape index (κ2) is 8.48. The first-order chi connectivity index (χ1) is 8.71. The van der Waals surface area contributed by atoms with E-state index in [2.05, 4.69) is 0 Å². The second-order valence-electron chi connectivity index (χ2n) is 5.10. The van der Waals surface area contributed by atoms with E-state index >= 15 is 0 Å². The predicted molar refractivity (Wildman–Crippen MR) is 69.1 cm³/mol. The largest absolute Gasteiger partial charge is 0.469 e. The van der Waals surface area contributed by atoms with E-state index in [-0.39, 0.29) is 18.2 Å². The molecule has 0 saturated heterocycles. The molecule has 4 nitrogen and oxygen atoms in total. The molecule has 0 N–H and O–H groups in total. The number of rotatable bonds is 7. The highest BCUT2D eigenvalue weighted by molar-refractivity contribution is 5.72. The van der Waals surface area contributed by atoms with E-state index in [9.17, 15) is 4.79 Å². The first-order valence-electron chi connectivity index (χ1n) is 6.84. The van der Waals surface area contributed by atoms with Gasteiger partial charge >= 0.3 is 5.97 Å². The molecule has 0 aromatic carbocycles. The lowest BCUT2D eigenvalue weighted by Gasteiger charge is -2.26. The Morgan fingerprint density at radius 1 is 1.11 bits per heavy atom. The Kier molecular flexibility index (Phi) is 7.28. The Hall–Kier alpha value is -0.610. The SMILES string of the molecule is COC(=O)C(CC1CCCCC1)CC(OC)OC. The van der Waals surface area contributed by atoms with Gasteiger partial charge in [-0.25, -0.2) is 0 Å². The number of hydrogen-bond donors (Lipinski definition) is 0. The van der Waals surface area contributed by atoms with E-state index in [0.717, 1.165) is 6.42 Å². The molecule has 0 spiro atoms. The van der Waals surface area contributed by atoms with E-state index in [1.165, 1.54) is 39.2 Å². The van der Waals surface area contributed by atoms with Crippen molar-refractivity contribution in [3.63, 3.8) is 0 Å². The van der Waals surface area contributed by atoms with Crippen LogP contribution in [0.3, 0.4) is 0 Å². The average Bonchev–Trinajstić information content (AvgIpc) is 2.43. The summed E-state index contributed by atoms with van der Waals surface area (Å²) < 4.78 is 15.3. The van der Waals surface area contributed by atoms with Gasteiger partial charge in [0.05, 0.1) is 13.0 Å². The molecule has 106 valence electrons. The van der Waals surface area contributed by atoms with Crippen molar-refractivity contribution in [1.29, 1.82) is 0 Å². The Morgan fingerprint density at radius 2 is 1.72 bits per heavy atom.